The van der Waals surface area contributed by atoms with Gasteiger partial charge in [-0.1, -0.05) is 84.6 Å². The van der Waals surface area contributed by atoms with Gasteiger partial charge in [-0.2, -0.15) is 0 Å². The molecule has 5 aromatic carbocycles. The normalized spacial score (nSPS) is 22.1. The second kappa shape index (κ2) is 17.7. The van der Waals surface area contributed by atoms with Gasteiger partial charge in [-0.15, -0.1) is 0 Å². The number of carbonyl (C=O) groups excluding carboxylic acids is 5. The fourth-order valence-electron chi connectivity index (χ4n) is 9.11. The summed E-state index contributed by atoms with van der Waals surface area (Å²) in [4.78, 5) is 84.4. The minimum atomic E-state index is -2.16. The lowest BCUT2D eigenvalue weighted by Gasteiger charge is -2.46. The van der Waals surface area contributed by atoms with Crippen molar-refractivity contribution in [2.75, 3.05) is 24.7 Å². The van der Waals surface area contributed by atoms with Crippen LogP contribution in [-0.2, 0) is 35.9 Å². The molecule has 5 amide bonds. The van der Waals surface area contributed by atoms with Crippen molar-refractivity contribution in [3.05, 3.63) is 171 Å². The number of non-ortho nitro benzene ring substituents is 1. The first-order valence-corrected chi connectivity index (χ1v) is 20.1. The Morgan fingerprint density at radius 1 is 0.859 bits per heavy atom. The maximum atomic E-state index is 16.0. The number of primary amides is 2. The maximum absolute atomic E-state index is 16.0. The number of nitrogens with two attached hydrogens (primary N) is 2. The van der Waals surface area contributed by atoms with Gasteiger partial charge in [0.15, 0.2) is 0 Å². The molecule has 3 aliphatic heterocycles. The Morgan fingerprint density at radius 3 is 2.16 bits per heavy atom. The molecule has 64 heavy (non-hydrogen) atoms. The molecule has 0 unspecified atom stereocenters. The fourth-order valence-corrected chi connectivity index (χ4v) is 9.11. The second-order valence-electron chi connectivity index (χ2n) is 15.2. The number of amides is 5. The molecule has 17 nitrogen and oxygen atoms in total. The molecule has 0 saturated carbocycles. The van der Waals surface area contributed by atoms with Crippen LogP contribution in [0.4, 0.5) is 21.0 Å². The number of cyclic esters (lactones) is 1. The summed E-state index contributed by atoms with van der Waals surface area (Å²) in [6.07, 6.45) is -2.12. The molecule has 1 spiro atoms. The molecule has 3 aliphatic rings. The molecule has 2 saturated heterocycles. The van der Waals surface area contributed by atoms with E-state index in [-0.39, 0.29) is 36.7 Å². The predicted molar refractivity (Wildman–Crippen MR) is 228 cm³/mol. The summed E-state index contributed by atoms with van der Waals surface area (Å²) in [5.74, 6) is 1.63. The molecule has 0 aromatic heterocycles. The Bertz CT molecular complexity index is 2690. The molecule has 8 rings (SSSR count). The lowest BCUT2D eigenvalue weighted by Crippen LogP contribution is -2.55. The van der Waals surface area contributed by atoms with Gasteiger partial charge in [-0.05, 0) is 70.3 Å². The van der Waals surface area contributed by atoms with Crippen LogP contribution < -0.4 is 26.4 Å². The third kappa shape index (κ3) is 7.61. The summed E-state index contributed by atoms with van der Waals surface area (Å²) in [5.41, 5.74) is 11.9. The van der Waals surface area contributed by atoms with E-state index in [1.165, 1.54) is 36.4 Å². The Morgan fingerprint density at radius 2 is 1.53 bits per heavy atom. The number of esters is 1. The number of hydrogen-bond acceptors (Lipinski definition) is 12. The van der Waals surface area contributed by atoms with E-state index in [1.807, 2.05) is 48.5 Å². The highest BCUT2D eigenvalue weighted by molar-refractivity contribution is 6.23. The average molecular weight is 865 g/mol. The Kier molecular flexibility index (Phi) is 11.8. The van der Waals surface area contributed by atoms with Crippen LogP contribution in [0.5, 0.6) is 5.75 Å². The number of anilines is 1. The van der Waals surface area contributed by atoms with Crippen LogP contribution in [0.3, 0.4) is 0 Å². The molecule has 17 heteroatoms. The number of benzene rings is 5. The zero-order valence-electron chi connectivity index (χ0n) is 33.9. The number of carbonyl (C=O) groups is 5. The highest BCUT2D eigenvalue weighted by Crippen LogP contribution is 2.65. The van der Waals surface area contributed by atoms with E-state index in [1.54, 1.807) is 47.4 Å². The zero-order valence-corrected chi connectivity index (χ0v) is 33.9. The van der Waals surface area contributed by atoms with Crippen molar-refractivity contribution in [1.82, 2.24) is 10.2 Å². The summed E-state index contributed by atoms with van der Waals surface area (Å²) in [7, 11) is 0. The molecular formula is C47H40N6O11. The third-order valence-corrected chi connectivity index (χ3v) is 11.6. The minimum Gasteiger partial charge on any atom is -0.491 e. The molecule has 0 bridgehead atoms. The number of hydrogen-bond donors (Lipinski definition) is 4. The fraction of sp³-hybridized carbons (Fsp3) is 0.213. The molecule has 6 atom stereocenters. The van der Waals surface area contributed by atoms with Crippen molar-refractivity contribution in [2.24, 2.45) is 17.4 Å². The number of fused-ring (bicyclic) bond motifs is 3. The Hall–Kier alpha value is -8.07. The summed E-state index contributed by atoms with van der Waals surface area (Å²) >= 11 is 0. The Labute approximate surface area is 365 Å². The number of ether oxygens (including phenoxy) is 3. The molecule has 6 N–H and O–H groups in total. The van der Waals surface area contributed by atoms with E-state index in [9.17, 15) is 34.4 Å². The summed E-state index contributed by atoms with van der Waals surface area (Å²) in [6, 6.07) is 30.3. The standard InChI is InChI=1S/C47H40N6O11/c48-42(55)37-39-43(56)64-40(31-11-5-2-6-12-31)38(30-9-3-1-4-10-30)52(39)41(32-16-20-34(21-17-32)62-25-24-54)47(37)35-26-28(8-7-23-50-45(49)58)15-22-36(35)51(44(47)57)46(59)63-27-29-13-18-33(19-14-29)53(60)61/h1-6,9-22,26,37-41,54H,23-25,27H2,(H2,48,55)(H3,49,50,58)/t37-,38-,39-,40+,41+,47-/m0/s1. The van der Waals surface area contributed by atoms with Gasteiger partial charge in [0.25, 0.3) is 5.69 Å². The number of nitrogens with one attached hydrogen (secondary N) is 1. The van der Waals surface area contributed by atoms with E-state index in [0.29, 0.717) is 33.6 Å². The number of rotatable bonds is 11. The number of morpholine rings is 1. The van der Waals surface area contributed by atoms with E-state index >= 15 is 4.79 Å². The highest BCUT2D eigenvalue weighted by atomic mass is 16.6. The van der Waals surface area contributed by atoms with Crippen molar-refractivity contribution in [3.8, 4) is 17.6 Å². The van der Waals surface area contributed by atoms with Crippen LogP contribution in [0.25, 0.3) is 0 Å². The smallest absolute Gasteiger partial charge is 0.421 e. The van der Waals surface area contributed by atoms with Gasteiger partial charge in [0.05, 0.1) is 41.8 Å². The SMILES string of the molecule is NC(=O)NCC#Cc1ccc2c(c1)[C@]1(C(=O)N2C(=O)OCc2ccc([N+](=O)[O-])cc2)[C@H](C(N)=O)[C@H]2C(=O)O[C@H](c3ccccc3)[C@H](c3ccccc3)N2[C@@H]1c1ccc(OCCO)cc1. The van der Waals surface area contributed by atoms with Gasteiger partial charge >= 0.3 is 18.1 Å². The van der Waals surface area contributed by atoms with E-state index in [2.05, 4.69) is 17.2 Å². The molecular weight excluding hydrogens is 825 g/mol. The molecule has 324 valence electrons. The van der Waals surface area contributed by atoms with Gasteiger partial charge in [0.2, 0.25) is 11.8 Å². The van der Waals surface area contributed by atoms with Crippen LogP contribution in [0.15, 0.2) is 127 Å². The number of nitrogens with zero attached hydrogens (tertiary/aromatic N) is 3. The van der Waals surface area contributed by atoms with Crippen molar-refractivity contribution >= 4 is 41.3 Å². The van der Waals surface area contributed by atoms with Crippen molar-refractivity contribution < 1.29 is 48.2 Å². The monoisotopic (exact) mass is 864 g/mol. The van der Waals surface area contributed by atoms with Crippen molar-refractivity contribution in [1.29, 1.82) is 0 Å². The number of imide groups is 1. The maximum Gasteiger partial charge on any atom is 0.421 e. The number of aliphatic hydroxyl groups excluding tert-OH is 1. The quantitative estimate of drug-likeness (QED) is 0.0622. The highest BCUT2D eigenvalue weighted by Gasteiger charge is 2.75. The van der Waals surface area contributed by atoms with E-state index < -0.39 is 77.0 Å². The van der Waals surface area contributed by atoms with Gasteiger partial charge in [0.1, 0.15) is 36.5 Å². The lowest BCUT2D eigenvalue weighted by atomic mass is 9.65. The van der Waals surface area contributed by atoms with Crippen molar-refractivity contribution in [3.63, 3.8) is 0 Å². The largest absolute Gasteiger partial charge is 0.491 e. The van der Waals surface area contributed by atoms with Crippen LogP contribution >= 0.6 is 0 Å². The summed E-state index contributed by atoms with van der Waals surface area (Å²) in [6.45, 7) is -0.785. The van der Waals surface area contributed by atoms with Crippen molar-refractivity contribution in [2.45, 2.75) is 36.3 Å². The topological polar surface area (TPSA) is 247 Å². The first-order valence-electron chi connectivity index (χ1n) is 20.1. The molecule has 0 aliphatic carbocycles. The van der Waals surface area contributed by atoms with E-state index in [0.717, 1.165) is 4.90 Å². The van der Waals surface area contributed by atoms with Crippen LogP contribution in [0, 0.1) is 27.9 Å². The van der Waals surface area contributed by atoms with Crippen LogP contribution in [-0.4, -0.2) is 70.6 Å². The number of urea groups is 1. The second-order valence-corrected chi connectivity index (χ2v) is 15.2. The predicted octanol–water partition coefficient (Wildman–Crippen LogP) is 4.47. The van der Waals surface area contributed by atoms with Gasteiger partial charge in [-0.25, -0.2) is 14.5 Å². The van der Waals surface area contributed by atoms with E-state index in [4.69, 9.17) is 25.7 Å². The summed E-state index contributed by atoms with van der Waals surface area (Å²) in [5, 5.41) is 23.1. The van der Waals surface area contributed by atoms with Gasteiger partial charge in [0, 0.05) is 17.7 Å². The van der Waals surface area contributed by atoms with Crippen LogP contribution in [0.1, 0.15) is 51.6 Å². The third-order valence-electron chi connectivity index (χ3n) is 11.6. The first-order chi connectivity index (χ1) is 30.9. The van der Waals surface area contributed by atoms with Crippen LogP contribution in [0.2, 0.25) is 0 Å². The number of nitro groups is 1. The molecule has 5 aromatic rings. The minimum absolute atomic E-state index is 0.00703. The first kappa shape index (κ1) is 42.6. The van der Waals surface area contributed by atoms with Gasteiger partial charge in [-0.3, -0.25) is 29.4 Å². The average Bonchev–Trinajstić information content (AvgIpc) is 3.76. The summed E-state index contributed by atoms with van der Waals surface area (Å²) < 4.78 is 17.8. The number of nitro benzene ring substituents is 1. The zero-order chi connectivity index (χ0) is 45.1. The molecule has 2 fully saturated rings. The lowest BCUT2D eigenvalue weighted by molar-refractivity contribution is -0.384. The molecule has 3 heterocycles. The van der Waals surface area contributed by atoms with Gasteiger partial charge < -0.3 is 36.1 Å². The molecule has 0 radical (unpaired) electrons. The Balaban J connectivity index is 1.37. The number of aliphatic hydroxyl groups is 1.